The zero-order valence-electron chi connectivity index (χ0n) is 21.4. The van der Waals surface area contributed by atoms with Crippen molar-refractivity contribution in [2.75, 3.05) is 7.05 Å². The molecule has 2 bridgehead atoms. The van der Waals surface area contributed by atoms with Crippen LogP contribution in [-0.2, 0) is 4.74 Å². The molecule has 0 radical (unpaired) electrons. The number of fused-ring (bicyclic) bond motifs is 2. The summed E-state index contributed by atoms with van der Waals surface area (Å²) in [5.74, 6) is 1.25. The highest BCUT2D eigenvalue weighted by atomic mass is 16.5. The molecule has 4 fully saturated rings. The Kier molecular flexibility index (Phi) is 4.31. The van der Waals surface area contributed by atoms with Crippen LogP contribution in [0.4, 0.5) is 0 Å². The van der Waals surface area contributed by atoms with Gasteiger partial charge in [0.05, 0.1) is 11.2 Å². The molecule has 2 unspecified atom stereocenters. The Morgan fingerprint density at radius 2 is 1.77 bits per heavy atom. The van der Waals surface area contributed by atoms with E-state index in [4.69, 9.17) is 4.74 Å². The average Bonchev–Trinajstić information content (AvgIpc) is 3.60. The van der Waals surface area contributed by atoms with Gasteiger partial charge in [0.1, 0.15) is 0 Å². The maximum Gasteiger partial charge on any atom is 0.0974 e. The smallest absolute Gasteiger partial charge is 0.0974 e. The van der Waals surface area contributed by atoms with E-state index in [9.17, 15) is 0 Å². The molecule has 182 valence electrons. The number of benzene rings is 2. The second-order valence-electron chi connectivity index (χ2n) is 13.1. The van der Waals surface area contributed by atoms with E-state index in [1.807, 2.05) is 0 Å². The summed E-state index contributed by atoms with van der Waals surface area (Å²) in [6.45, 7) is 2.60. The fourth-order valence-corrected chi connectivity index (χ4v) is 9.48. The maximum atomic E-state index is 7.53. The average molecular weight is 466 g/mol. The molecular formula is C33H39NO. The Bertz CT molecular complexity index is 1270. The SMILES string of the molecule is CN(C1CC1)[C@@H]1CCC2=CC3=CC[C@]4(C)C(c5ccc6ccccc6c5)CC[C@H]4C34CC[C@]2(C1)O4. The second-order valence-corrected chi connectivity index (χ2v) is 13.1. The number of nitrogens with zero attached hydrogens (tertiary/aromatic N) is 1. The summed E-state index contributed by atoms with van der Waals surface area (Å²) in [4.78, 5) is 2.71. The van der Waals surface area contributed by atoms with Crippen molar-refractivity contribution in [3.63, 3.8) is 0 Å². The van der Waals surface area contributed by atoms with Gasteiger partial charge in [0.25, 0.3) is 0 Å². The van der Waals surface area contributed by atoms with Crippen LogP contribution in [0.25, 0.3) is 10.8 Å². The standard InChI is InChI=1S/C33H39NO/c1-31-16-15-26-20-25-9-10-28(34(2)27-11-12-27)21-32(25)17-18-33(26,35-32)30(31)14-13-29(31)24-8-7-22-5-3-4-6-23(22)19-24/h3-8,15,19-20,27-30H,9-14,16-18,21H2,1-2H3/t28-,29?,30-,31-,32-,33?/m1/s1. The molecule has 2 aromatic rings. The van der Waals surface area contributed by atoms with Gasteiger partial charge in [-0.25, -0.2) is 0 Å². The van der Waals surface area contributed by atoms with Crippen LogP contribution in [0.3, 0.4) is 0 Å². The predicted octanol–water partition coefficient (Wildman–Crippen LogP) is 7.54. The highest BCUT2D eigenvalue weighted by Crippen LogP contribution is 2.69. The fraction of sp³-hybridized carbons (Fsp3) is 0.576. The molecule has 6 atom stereocenters. The fourth-order valence-electron chi connectivity index (χ4n) is 9.48. The van der Waals surface area contributed by atoms with Crippen LogP contribution in [0.5, 0.6) is 0 Å². The summed E-state index contributed by atoms with van der Waals surface area (Å²) in [5, 5.41) is 2.74. The molecule has 35 heavy (non-hydrogen) atoms. The highest BCUT2D eigenvalue weighted by Gasteiger charge is 2.66. The lowest BCUT2D eigenvalue weighted by Gasteiger charge is -2.55. The zero-order chi connectivity index (χ0) is 23.4. The van der Waals surface area contributed by atoms with Crippen molar-refractivity contribution in [1.29, 1.82) is 0 Å². The summed E-state index contributed by atoms with van der Waals surface area (Å²) in [5.41, 5.74) is 4.98. The van der Waals surface area contributed by atoms with E-state index >= 15 is 0 Å². The lowest BCUT2D eigenvalue weighted by Crippen LogP contribution is -2.55. The Balaban J connectivity index is 1.15. The molecule has 2 heterocycles. The Labute approximate surface area is 210 Å². The normalized spacial score (nSPS) is 41.9. The van der Waals surface area contributed by atoms with Gasteiger partial charge in [0.2, 0.25) is 0 Å². The van der Waals surface area contributed by atoms with Crippen LogP contribution >= 0.6 is 0 Å². The summed E-state index contributed by atoms with van der Waals surface area (Å²) in [7, 11) is 2.38. The van der Waals surface area contributed by atoms with Gasteiger partial charge in [0.15, 0.2) is 0 Å². The van der Waals surface area contributed by atoms with E-state index < -0.39 is 0 Å². The molecule has 1 saturated heterocycles. The first kappa shape index (κ1) is 21.2. The van der Waals surface area contributed by atoms with Crippen LogP contribution in [-0.4, -0.2) is 35.2 Å². The molecule has 0 amide bonds. The molecule has 2 aliphatic heterocycles. The van der Waals surface area contributed by atoms with E-state index in [1.54, 1.807) is 16.7 Å². The predicted molar refractivity (Wildman–Crippen MR) is 143 cm³/mol. The van der Waals surface area contributed by atoms with E-state index in [0.29, 0.717) is 17.9 Å². The summed E-state index contributed by atoms with van der Waals surface area (Å²) < 4.78 is 7.53. The number of rotatable bonds is 3. The minimum Gasteiger partial charge on any atom is -0.359 e. The van der Waals surface area contributed by atoms with Gasteiger partial charge in [-0.1, -0.05) is 61.5 Å². The first-order chi connectivity index (χ1) is 17.0. The quantitative estimate of drug-likeness (QED) is 0.464. The lowest BCUT2D eigenvalue weighted by atomic mass is 9.58. The summed E-state index contributed by atoms with van der Waals surface area (Å²) in [6.07, 6.45) is 18.1. The van der Waals surface area contributed by atoms with Crippen LogP contribution in [0.2, 0.25) is 0 Å². The minimum atomic E-state index is -0.0395. The Hall–Kier alpha value is -1.90. The van der Waals surface area contributed by atoms with Crippen molar-refractivity contribution in [3.8, 4) is 0 Å². The molecule has 4 aliphatic carbocycles. The van der Waals surface area contributed by atoms with Crippen molar-refractivity contribution in [3.05, 3.63) is 71.3 Å². The molecule has 0 aromatic heterocycles. The maximum absolute atomic E-state index is 7.53. The summed E-state index contributed by atoms with van der Waals surface area (Å²) in [6, 6.07) is 17.6. The largest absolute Gasteiger partial charge is 0.359 e. The Morgan fingerprint density at radius 3 is 2.63 bits per heavy atom. The first-order valence-electron chi connectivity index (χ1n) is 14.3. The van der Waals surface area contributed by atoms with Gasteiger partial charge in [-0.05, 0) is 116 Å². The van der Waals surface area contributed by atoms with Gasteiger partial charge in [-0.15, -0.1) is 0 Å². The second kappa shape index (κ2) is 7.11. The molecular weight excluding hydrogens is 426 g/mol. The lowest BCUT2D eigenvalue weighted by molar-refractivity contribution is -0.140. The van der Waals surface area contributed by atoms with E-state index in [-0.39, 0.29) is 16.6 Å². The molecule has 2 spiro atoms. The molecule has 3 saturated carbocycles. The minimum absolute atomic E-state index is 0.0166. The van der Waals surface area contributed by atoms with Crippen molar-refractivity contribution in [2.45, 2.75) is 100 Å². The van der Waals surface area contributed by atoms with Gasteiger partial charge >= 0.3 is 0 Å². The highest BCUT2D eigenvalue weighted by molar-refractivity contribution is 5.83. The molecule has 2 heteroatoms. The zero-order valence-corrected chi connectivity index (χ0v) is 21.4. The molecule has 6 aliphatic rings. The number of allylic oxidation sites excluding steroid dienone is 1. The van der Waals surface area contributed by atoms with E-state index in [2.05, 4.69) is 73.5 Å². The van der Waals surface area contributed by atoms with Crippen molar-refractivity contribution in [1.82, 2.24) is 4.90 Å². The van der Waals surface area contributed by atoms with E-state index in [0.717, 1.165) is 6.04 Å². The first-order valence-corrected chi connectivity index (χ1v) is 14.3. The third kappa shape index (κ3) is 2.85. The van der Waals surface area contributed by atoms with Crippen LogP contribution in [0.1, 0.15) is 82.6 Å². The van der Waals surface area contributed by atoms with Gasteiger partial charge in [0, 0.05) is 12.1 Å². The van der Waals surface area contributed by atoms with Gasteiger partial charge < -0.3 is 9.64 Å². The van der Waals surface area contributed by atoms with Crippen molar-refractivity contribution in [2.24, 2.45) is 11.3 Å². The van der Waals surface area contributed by atoms with Gasteiger partial charge in [-0.3, -0.25) is 0 Å². The molecule has 2 nitrogen and oxygen atoms in total. The van der Waals surface area contributed by atoms with Crippen molar-refractivity contribution >= 4 is 10.8 Å². The third-order valence-corrected chi connectivity index (χ3v) is 11.5. The Morgan fingerprint density at radius 1 is 0.914 bits per heavy atom. The summed E-state index contributed by atoms with van der Waals surface area (Å²) >= 11 is 0. The number of hydrogen-bond donors (Lipinski definition) is 0. The number of hydrogen-bond acceptors (Lipinski definition) is 2. The number of ether oxygens (including phenoxy) is 1. The van der Waals surface area contributed by atoms with Gasteiger partial charge in [-0.2, -0.15) is 0 Å². The molecule has 2 aromatic carbocycles. The molecule has 8 rings (SSSR count). The monoisotopic (exact) mass is 465 g/mol. The van der Waals surface area contributed by atoms with Crippen LogP contribution < -0.4 is 0 Å². The van der Waals surface area contributed by atoms with Crippen LogP contribution in [0.15, 0.2) is 65.8 Å². The third-order valence-electron chi connectivity index (χ3n) is 11.5. The van der Waals surface area contributed by atoms with E-state index in [1.165, 1.54) is 75.0 Å². The van der Waals surface area contributed by atoms with Crippen LogP contribution in [0, 0.1) is 11.3 Å². The van der Waals surface area contributed by atoms with Crippen molar-refractivity contribution < 1.29 is 4.74 Å². The topological polar surface area (TPSA) is 12.5 Å². The molecule has 0 N–H and O–H groups in total.